The lowest BCUT2D eigenvalue weighted by Crippen LogP contribution is -2.16. The molecule has 10 heteroatoms. The molecule has 0 atom stereocenters. The Bertz CT molecular complexity index is 1390. The Morgan fingerprint density at radius 2 is 1.76 bits per heavy atom. The maximum Gasteiger partial charge on any atom is 0.335 e. The fourth-order valence-electron chi connectivity index (χ4n) is 3.04. The second-order valence-corrected chi connectivity index (χ2v) is 9.86. The molecule has 1 amide bonds. The van der Waals surface area contributed by atoms with Crippen molar-refractivity contribution in [3.63, 3.8) is 0 Å². The Kier molecular flexibility index (Phi) is 7.73. The summed E-state index contributed by atoms with van der Waals surface area (Å²) >= 11 is 10.3. The van der Waals surface area contributed by atoms with E-state index in [4.69, 9.17) is 25.9 Å². The maximum atomic E-state index is 12.3. The van der Waals surface area contributed by atoms with Gasteiger partial charge < -0.3 is 14.3 Å². The smallest absolute Gasteiger partial charge is 0.335 e. The van der Waals surface area contributed by atoms with E-state index in [0.29, 0.717) is 23.0 Å². The van der Waals surface area contributed by atoms with Crippen molar-refractivity contribution in [2.45, 2.75) is 6.61 Å². The summed E-state index contributed by atoms with van der Waals surface area (Å²) in [7, 11) is 0. The van der Waals surface area contributed by atoms with Crippen molar-refractivity contribution in [3.05, 3.63) is 95.3 Å². The summed E-state index contributed by atoms with van der Waals surface area (Å²) in [5, 5.41) is 14.3. The molecule has 34 heavy (non-hydrogen) atoms. The molecule has 2 N–H and O–H groups in total. The summed E-state index contributed by atoms with van der Waals surface area (Å²) in [6.07, 6.45) is 1.54. The van der Waals surface area contributed by atoms with Gasteiger partial charge >= 0.3 is 11.9 Å². The molecule has 0 aliphatic rings. The number of carbonyl (C=O) groups is 2. The molecule has 0 unspecified atom stereocenters. The van der Waals surface area contributed by atoms with Crippen LogP contribution in [0.4, 0.5) is 0 Å². The molecule has 0 aliphatic carbocycles. The number of carbonyl (C=O) groups excluding carboxylic acids is 1. The Balaban J connectivity index is 1.39. The number of aromatic carboxylic acids is 1. The molecule has 1 heterocycles. The highest BCUT2D eigenvalue weighted by Gasteiger charge is 2.13. The fraction of sp³-hybridized carbons (Fsp3) is 0.0417. The van der Waals surface area contributed by atoms with Gasteiger partial charge in [0.1, 0.15) is 17.9 Å². The largest absolute Gasteiger partial charge is 0.487 e. The fourth-order valence-corrected chi connectivity index (χ4v) is 5.35. The van der Waals surface area contributed by atoms with E-state index in [1.165, 1.54) is 6.21 Å². The van der Waals surface area contributed by atoms with Crippen molar-refractivity contribution in [3.8, 4) is 5.75 Å². The van der Waals surface area contributed by atoms with Gasteiger partial charge in [0, 0.05) is 10.4 Å². The number of hydrazone groups is 1. The van der Waals surface area contributed by atoms with Gasteiger partial charge in [-0.25, -0.2) is 10.2 Å². The average molecular weight is 701 g/mol. The summed E-state index contributed by atoms with van der Waals surface area (Å²) in [6, 6.07) is 17.0. The first-order valence-corrected chi connectivity index (χ1v) is 12.3. The lowest BCUT2D eigenvalue weighted by atomic mass is 10.1. The molecule has 7 nitrogen and oxygen atoms in total. The van der Waals surface area contributed by atoms with Crippen LogP contribution in [0.3, 0.4) is 0 Å². The number of fused-ring (bicyclic) bond motifs is 1. The monoisotopic (exact) mass is 700 g/mol. The highest BCUT2D eigenvalue weighted by Crippen LogP contribution is 2.29. The van der Waals surface area contributed by atoms with E-state index in [1.807, 2.05) is 12.1 Å². The second kappa shape index (κ2) is 10.7. The number of benzene rings is 3. The highest BCUT2D eigenvalue weighted by molar-refractivity contribution is 14.1. The molecular weight excluding hydrogens is 686 g/mol. The highest BCUT2D eigenvalue weighted by atomic mass is 127. The second-order valence-electron chi connectivity index (χ2n) is 7.10. The average Bonchev–Trinajstić information content (AvgIpc) is 3.22. The normalized spacial score (nSPS) is 11.1. The van der Waals surface area contributed by atoms with E-state index in [9.17, 15) is 9.59 Å². The van der Waals surface area contributed by atoms with E-state index in [1.54, 1.807) is 48.5 Å². The number of carboxylic acids is 1. The van der Waals surface area contributed by atoms with Crippen LogP contribution in [0.2, 0.25) is 5.02 Å². The minimum Gasteiger partial charge on any atom is -0.487 e. The minimum absolute atomic E-state index is 0.138. The summed E-state index contributed by atoms with van der Waals surface area (Å²) in [5.41, 5.74) is 4.90. The first-order valence-electron chi connectivity index (χ1n) is 9.77. The van der Waals surface area contributed by atoms with Crippen molar-refractivity contribution in [2.24, 2.45) is 5.10 Å². The van der Waals surface area contributed by atoms with Crippen LogP contribution < -0.4 is 10.2 Å². The van der Waals surface area contributed by atoms with Crippen LogP contribution in [0.1, 0.15) is 32.0 Å². The van der Waals surface area contributed by atoms with E-state index < -0.39 is 11.9 Å². The van der Waals surface area contributed by atoms with Gasteiger partial charge in [0.15, 0.2) is 5.76 Å². The van der Waals surface area contributed by atoms with Gasteiger partial charge in [-0.3, -0.25) is 4.79 Å². The zero-order valence-corrected chi connectivity index (χ0v) is 22.3. The number of halogens is 3. The molecule has 0 saturated heterocycles. The van der Waals surface area contributed by atoms with Crippen LogP contribution >= 0.6 is 56.8 Å². The molecule has 0 saturated carbocycles. The third kappa shape index (κ3) is 5.88. The molecule has 172 valence electrons. The van der Waals surface area contributed by atoms with Gasteiger partial charge in [-0.05, 0) is 105 Å². The number of rotatable bonds is 7. The molecule has 3 aromatic carbocycles. The number of amides is 1. The predicted octanol–water partition coefficient (Wildman–Crippen LogP) is 6.34. The SMILES string of the molecule is O=C(O)c1ccc(COc2c(I)cc(/C=N/NC(=O)c3cc4cc(Cl)ccc4o3)cc2I)cc1. The Hall–Kier alpha value is -2.64. The minimum atomic E-state index is -0.965. The number of hydrogen-bond acceptors (Lipinski definition) is 5. The standard InChI is InChI=1S/C24H15ClI2N2O5/c25-17-5-6-20-16(9-17)10-21(34-20)23(30)29-28-11-14-7-18(26)22(19(27)8-14)33-12-13-1-3-15(4-2-13)24(31)32/h1-11H,12H2,(H,29,30)(H,31,32)/b28-11+. The lowest BCUT2D eigenvalue weighted by molar-refractivity contribution is 0.0696. The van der Waals surface area contributed by atoms with Crippen molar-refractivity contribution in [1.82, 2.24) is 5.43 Å². The summed E-state index contributed by atoms with van der Waals surface area (Å²) in [5.74, 6) is -0.585. The van der Waals surface area contributed by atoms with Gasteiger partial charge in [-0.2, -0.15) is 5.10 Å². The molecule has 0 radical (unpaired) electrons. The van der Waals surface area contributed by atoms with E-state index in [0.717, 1.165) is 23.7 Å². The van der Waals surface area contributed by atoms with Crippen molar-refractivity contribution in [2.75, 3.05) is 0 Å². The molecule has 0 aliphatic heterocycles. The first kappa shape index (κ1) is 24.5. The maximum absolute atomic E-state index is 12.3. The number of furan rings is 1. The van der Waals surface area contributed by atoms with Crippen LogP contribution in [-0.4, -0.2) is 23.2 Å². The van der Waals surface area contributed by atoms with Crippen LogP contribution in [0, 0.1) is 7.14 Å². The predicted molar refractivity (Wildman–Crippen MR) is 146 cm³/mol. The number of nitrogens with zero attached hydrogens (tertiary/aromatic N) is 1. The van der Waals surface area contributed by atoms with E-state index in [-0.39, 0.29) is 11.3 Å². The summed E-state index contributed by atoms with van der Waals surface area (Å²) < 4.78 is 13.2. The number of nitrogens with one attached hydrogen (secondary N) is 1. The lowest BCUT2D eigenvalue weighted by Gasteiger charge is -2.11. The van der Waals surface area contributed by atoms with Gasteiger partial charge in [0.05, 0.1) is 18.9 Å². The summed E-state index contributed by atoms with van der Waals surface area (Å²) in [4.78, 5) is 23.3. The van der Waals surface area contributed by atoms with Crippen molar-refractivity contribution < 1.29 is 23.8 Å². The molecular formula is C24H15ClI2N2O5. The van der Waals surface area contributed by atoms with Gasteiger partial charge in [0.25, 0.3) is 0 Å². The van der Waals surface area contributed by atoms with Gasteiger partial charge in [0.2, 0.25) is 0 Å². The first-order chi connectivity index (χ1) is 16.3. The molecule has 0 fully saturated rings. The molecule has 0 spiro atoms. The molecule has 4 rings (SSSR count). The zero-order chi connectivity index (χ0) is 24.2. The number of ether oxygens (including phenoxy) is 1. The third-order valence-corrected chi connectivity index (χ3v) is 6.52. The Morgan fingerprint density at radius 1 is 1.06 bits per heavy atom. The molecule has 0 bridgehead atoms. The molecule has 1 aromatic heterocycles. The van der Waals surface area contributed by atoms with Crippen molar-refractivity contribution >= 4 is 85.8 Å². The number of carboxylic acid groups (broad SMARTS) is 1. The van der Waals surface area contributed by atoms with E-state index >= 15 is 0 Å². The Labute approximate surface area is 226 Å². The number of hydrogen-bond donors (Lipinski definition) is 2. The van der Waals surface area contributed by atoms with Gasteiger partial charge in [-0.1, -0.05) is 23.7 Å². The Morgan fingerprint density at radius 3 is 2.44 bits per heavy atom. The van der Waals surface area contributed by atoms with Crippen LogP contribution in [0.5, 0.6) is 5.75 Å². The van der Waals surface area contributed by atoms with Crippen LogP contribution in [-0.2, 0) is 6.61 Å². The van der Waals surface area contributed by atoms with Crippen LogP contribution in [0.15, 0.2) is 70.2 Å². The summed E-state index contributed by atoms with van der Waals surface area (Å²) in [6.45, 7) is 0.304. The van der Waals surface area contributed by atoms with Crippen LogP contribution in [0.25, 0.3) is 11.0 Å². The van der Waals surface area contributed by atoms with E-state index in [2.05, 4.69) is 55.7 Å². The molecule has 4 aromatic rings. The van der Waals surface area contributed by atoms with Crippen molar-refractivity contribution in [1.29, 1.82) is 0 Å². The third-order valence-electron chi connectivity index (χ3n) is 4.69. The zero-order valence-electron chi connectivity index (χ0n) is 17.2. The quantitative estimate of drug-likeness (QED) is 0.133. The van der Waals surface area contributed by atoms with Gasteiger partial charge in [-0.15, -0.1) is 0 Å². The topological polar surface area (TPSA) is 101 Å².